The first-order valence-corrected chi connectivity index (χ1v) is 11.7. The maximum atomic E-state index is 13.9. The molecule has 3 aliphatic heterocycles. The standard InChI is InChI=1S/C27H22FN3O5/c1-26-20(32)13-27(36-26,9-11-35-17-5-2-4-16(28)12-17)22-21(26)24(33)31(25(22)34)19-8-7-15(14-29)23-18(19)6-3-10-30-23/h2-8,10,12,20-22,32H,9,11,13H2,1H3/t20-,21-,22+,26?,27?/m1/s1. The fourth-order valence-electron chi connectivity index (χ4n) is 6.20. The van der Waals surface area contributed by atoms with E-state index in [1.165, 1.54) is 18.2 Å². The number of ether oxygens (including phenoxy) is 2. The molecule has 9 heteroatoms. The highest BCUT2D eigenvalue weighted by Crippen LogP contribution is 2.62. The van der Waals surface area contributed by atoms with Gasteiger partial charge in [0.2, 0.25) is 11.8 Å². The zero-order valence-electron chi connectivity index (χ0n) is 19.3. The Labute approximate surface area is 205 Å². The number of pyridine rings is 1. The van der Waals surface area contributed by atoms with Gasteiger partial charge in [0.05, 0.1) is 46.9 Å². The topological polar surface area (TPSA) is 113 Å². The van der Waals surface area contributed by atoms with Gasteiger partial charge in [0, 0.05) is 30.5 Å². The van der Waals surface area contributed by atoms with Crippen molar-refractivity contribution in [2.45, 2.75) is 37.1 Å². The van der Waals surface area contributed by atoms with E-state index in [9.17, 15) is 24.3 Å². The van der Waals surface area contributed by atoms with Gasteiger partial charge in [-0.2, -0.15) is 5.26 Å². The Bertz CT molecular complexity index is 1470. The van der Waals surface area contributed by atoms with E-state index in [-0.39, 0.29) is 19.4 Å². The molecule has 3 aliphatic rings. The van der Waals surface area contributed by atoms with Crippen molar-refractivity contribution in [1.82, 2.24) is 4.98 Å². The van der Waals surface area contributed by atoms with Crippen LogP contribution in [0.5, 0.6) is 5.75 Å². The second-order valence-electron chi connectivity index (χ2n) is 9.74. The molecular weight excluding hydrogens is 465 g/mol. The number of aliphatic hydroxyl groups excluding tert-OH is 1. The predicted molar refractivity (Wildman–Crippen MR) is 125 cm³/mol. The molecule has 0 spiro atoms. The lowest BCUT2D eigenvalue weighted by molar-refractivity contribution is -0.134. The molecule has 36 heavy (non-hydrogen) atoms. The number of carbonyl (C=O) groups is 2. The molecule has 182 valence electrons. The molecule has 1 N–H and O–H groups in total. The highest BCUT2D eigenvalue weighted by atomic mass is 19.1. The van der Waals surface area contributed by atoms with Gasteiger partial charge >= 0.3 is 0 Å². The first kappa shape index (κ1) is 22.6. The molecule has 3 saturated heterocycles. The second-order valence-corrected chi connectivity index (χ2v) is 9.74. The lowest BCUT2D eigenvalue weighted by Crippen LogP contribution is -2.49. The number of benzene rings is 2. The Hall–Kier alpha value is -3.87. The van der Waals surface area contributed by atoms with Gasteiger partial charge in [0.25, 0.3) is 0 Å². The maximum absolute atomic E-state index is 13.9. The van der Waals surface area contributed by atoms with Gasteiger partial charge in [-0.05, 0) is 43.3 Å². The summed E-state index contributed by atoms with van der Waals surface area (Å²) in [5.41, 5.74) is -1.24. The zero-order chi connectivity index (χ0) is 25.2. The minimum atomic E-state index is -1.23. The number of hydrogen-bond donors (Lipinski definition) is 1. The van der Waals surface area contributed by atoms with Crippen molar-refractivity contribution in [2.24, 2.45) is 11.8 Å². The largest absolute Gasteiger partial charge is 0.493 e. The quantitative estimate of drug-likeness (QED) is 0.550. The molecular formula is C27H22FN3O5. The molecule has 5 atom stereocenters. The van der Waals surface area contributed by atoms with E-state index in [4.69, 9.17) is 9.47 Å². The van der Waals surface area contributed by atoms with Gasteiger partial charge in [-0.25, -0.2) is 9.29 Å². The summed E-state index contributed by atoms with van der Waals surface area (Å²) >= 11 is 0. The molecule has 2 aromatic carbocycles. The average Bonchev–Trinajstić information content (AvgIpc) is 3.39. The molecule has 2 amide bonds. The fourth-order valence-corrected chi connectivity index (χ4v) is 6.20. The van der Waals surface area contributed by atoms with Crippen molar-refractivity contribution in [2.75, 3.05) is 11.5 Å². The third-order valence-electron chi connectivity index (χ3n) is 7.81. The summed E-state index contributed by atoms with van der Waals surface area (Å²) in [5, 5.41) is 20.9. The molecule has 2 bridgehead atoms. The number of aliphatic hydroxyl groups is 1. The van der Waals surface area contributed by atoms with Crippen LogP contribution in [0.4, 0.5) is 10.1 Å². The van der Waals surface area contributed by atoms with E-state index in [0.29, 0.717) is 27.9 Å². The van der Waals surface area contributed by atoms with Crippen LogP contribution in [0.2, 0.25) is 0 Å². The molecule has 2 unspecified atom stereocenters. The summed E-state index contributed by atoms with van der Waals surface area (Å²) in [6.45, 7) is 1.78. The number of imide groups is 1. The van der Waals surface area contributed by atoms with Crippen LogP contribution >= 0.6 is 0 Å². The summed E-state index contributed by atoms with van der Waals surface area (Å²) in [6, 6.07) is 14.4. The first-order valence-electron chi connectivity index (χ1n) is 11.7. The van der Waals surface area contributed by atoms with Crippen molar-refractivity contribution < 1.29 is 28.6 Å². The van der Waals surface area contributed by atoms with E-state index in [1.54, 1.807) is 43.5 Å². The van der Waals surface area contributed by atoms with E-state index in [0.717, 1.165) is 4.90 Å². The number of anilines is 1. The summed E-state index contributed by atoms with van der Waals surface area (Å²) in [7, 11) is 0. The highest BCUT2D eigenvalue weighted by molar-refractivity contribution is 6.26. The Balaban J connectivity index is 1.36. The predicted octanol–water partition coefficient (Wildman–Crippen LogP) is 3.11. The Morgan fingerprint density at radius 1 is 1.22 bits per heavy atom. The fraction of sp³-hybridized carbons (Fsp3) is 0.333. The minimum absolute atomic E-state index is 0.112. The molecule has 0 aliphatic carbocycles. The SMILES string of the molecule is CC12OC(CCOc3cccc(F)c3)(C[C@H]1O)[C@@H]1C(=O)N(c3ccc(C#N)c4ncccc34)C(=O)[C@@H]12. The number of nitriles is 1. The summed E-state index contributed by atoms with van der Waals surface area (Å²) in [5.74, 6) is -2.63. The smallest absolute Gasteiger partial charge is 0.240 e. The van der Waals surface area contributed by atoms with Crippen molar-refractivity contribution in [3.8, 4) is 11.8 Å². The van der Waals surface area contributed by atoms with E-state index in [2.05, 4.69) is 11.1 Å². The van der Waals surface area contributed by atoms with Gasteiger partial charge < -0.3 is 14.6 Å². The van der Waals surface area contributed by atoms with Crippen LogP contribution in [0.15, 0.2) is 54.7 Å². The van der Waals surface area contributed by atoms with Crippen LogP contribution in [0, 0.1) is 29.0 Å². The molecule has 6 rings (SSSR count). The van der Waals surface area contributed by atoms with Crippen LogP contribution in [-0.2, 0) is 14.3 Å². The summed E-state index contributed by atoms with van der Waals surface area (Å²) in [6.07, 6.45) is 1.03. The number of halogens is 1. The van der Waals surface area contributed by atoms with Crippen molar-refractivity contribution in [3.05, 3.63) is 66.1 Å². The van der Waals surface area contributed by atoms with Crippen LogP contribution in [0.25, 0.3) is 10.9 Å². The molecule has 3 fully saturated rings. The normalized spacial score (nSPS) is 30.6. The van der Waals surface area contributed by atoms with Gasteiger partial charge in [0.15, 0.2) is 0 Å². The molecule has 0 radical (unpaired) electrons. The average molecular weight is 487 g/mol. The third kappa shape index (κ3) is 3.01. The second kappa shape index (κ2) is 7.82. The lowest BCUT2D eigenvalue weighted by Gasteiger charge is -2.33. The molecule has 8 nitrogen and oxygen atoms in total. The van der Waals surface area contributed by atoms with Crippen LogP contribution in [0.3, 0.4) is 0 Å². The van der Waals surface area contributed by atoms with Crippen molar-refractivity contribution in [1.29, 1.82) is 5.26 Å². The van der Waals surface area contributed by atoms with E-state index in [1.807, 2.05) is 0 Å². The van der Waals surface area contributed by atoms with Crippen LogP contribution in [-0.4, -0.2) is 45.8 Å². The van der Waals surface area contributed by atoms with Gasteiger partial charge in [0.1, 0.15) is 23.2 Å². The molecule has 4 heterocycles. The van der Waals surface area contributed by atoms with Crippen LogP contribution in [0.1, 0.15) is 25.3 Å². The Morgan fingerprint density at radius 3 is 2.81 bits per heavy atom. The Morgan fingerprint density at radius 2 is 2.03 bits per heavy atom. The van der Waals surface area contributed by atoms with Crippen molar-refractivity contribution in [3.63, 3.8) is 0 Å². The molecule has 3 aromatic rings. The summed E-state index contributed by atoms with van der Waals surface area (Å²) < 4.78 is 25.6. The number of rotatable bonds is 5. The number of aromatic nitrogens is 1. The third-order valence-corrected chi connectivity index (χ3v) is 7.81. The van der Waals surface area contributed by atoms with Gasteiger partial charge in [-0.15, -0.1) is 0 Å². The monoisotopic (exact) mass is 487 g/mol. The maximum Gasteiger partial charge on any atom is 0.240 e. The number of hydrogen-bond acceptors (Lipinski definition) is 7. The van der Waals surface area contributed by atoms with Gasteiger partial charge in [-0.3, -0.25) is 14.6 Å². The first-order chi connectivity index (χ1) is 17.3. The van der Waals surface area contributed by atoms with Crippen molar-refractivity contribution >= 4 is 28.4 Å². The summed E-state index contributed by atoms with van der Waals surface area (Å²) in [4.78, 5) is 33.1. The number of amides is 2. The van der Waals surface area contributed by atoms with E-state index >= 15 is 0 Å². The molecule has 1 aromatic heterocycles. The van der Waals surface area contributed by atoms with Gasteiger partial charge in [-0.1, -0.05) is 6.07 Å². The number of fused-ring (bicyclic) bond motifs is 6. The Kier molecular flexibility index (Phi) is 4.90. The van der Waals surface area contributed by atoms with Crippen LogP contribution < -0.4 is 9.64 Å². The zero-order valence-corrected chi connectivity index (χ0v) is 19.3. The number of carbonyl (C=O) groups excluding carboxylic acids is 2. The minimum Gasteiger partial charge on any atom is -0.493 e. The highest BCUT2D eigenvalue weighted by Gasteiger charge is 2.77. The lowest BCUT2D eigenvalue weighted by atomic mass is 9.66. The molecule has 0 saturated carbocycles. The van der Waals surface area contributed by atoms with E-state index < -0.39 is 46.8 Å². The number of nitrogens with zero attached hydrogens (tertiary/aromatic N) is 3.